The molecule has 0 saturated carbocycles. The molecule has 5 nitrogen and oxygen atoms in total. The van der Waals surface area contributed by atoms with Crippen LogP contribution in [0.25, 0.3) is 0 Å². The van der Waals surface area contributed by atoms with Crippen molar-refractivity contribution < 1.29 is 19.4 Å². The van der Waals surface area contributed by atoms with E-state index in [4.69, 9.17) is 9.84 Å². The monoisotopic (exact) mass is 293 g/mol. The van der Waals surface area contributed by atoms with Crippen LogP contribution < -0.4 is 4.74 Å². The Morgan fingerprint density at radius 2 is 1.86 bits per heavy atom. The van der Waals surface area contributed by atoms with E-state index in [-0.39, 0.29) is 12.3 Å². The van der Waals surface area contributed by atoms with E-state index in [2.05, 4.69) is 6.92 Å². The van der Waals surface area contributed by atoms with Gasteiger partial charge >= 0.3 is 5.97 Å². The van der Waals surface area contributed by atoms with Crippen molar-refractivity contribution in [1.82, 2.24) is 4.90 Å². The molecule has 0 spiro atoms. The maximum Gasteiger partial charge on any atom is 0.303 e. The van der Waals surface area contributed by atoms with Crippen molar-refractivity contribution in [2.45, 2.75) is 32.6 Å². The lowest BCUT2D eigenvalue weighted by molar-refractivity contribution is -0.137. The molecule has 5 heteroatoms. The van der Waals surface area contributed by atoms with Gasteiger partial charge in [-0.05, 0) is 37.1 Å². The van der Waals surface area contributed by atoms with E-state index in [1.807, 2.05) is 0 Å². The summed E-state index contributed by atoms with van der Waals surface area (Å²) >= 11 is 0. The van der Waals surface area contributed by atoms with Crippen molar-refractivity contribution >= 4 is 11.9 Å². The Balaban J connectivity index is 2.48. The number of ether oxygens (including phenoxy) is 1. The first kappa shape index (κ1) is 17.0. The minimum Gasteiger partial charge on any atom is -0.494 e. The molecule has 21 heavy (non-hydrogen) atoms. The number of carboxylic acid groups (broad SMARTS) is 1. The van der Waals surface area contributed by atoms with Crippen molar-refractivity contribution in [3.63, 3.8) is 0 Å². The second-order valence-corrected chi connectivity index (χ2v) is 4.95. The summed E-state index contributed by atoms with van der Waals surface area (Å²) in [4.78, 5) is 24.1. The normalized spacial score (nSPS) is 10.2. The Morgan fingerprint density at radius 3 is 2.43 bits per heavy atom. The largest absolute Gasteiger partial charge is 0.494 e. The van der Waals surface area contributed by atoms with Crippen LogP contribution in [0.15, 0.2) is 24.3 Å². The van der Waals surface area contributed by atoms with Crippen molar-refractivity contribution in [3.8, 4) is 5.75 Å². The molecule has 0 aliphatic heterocycles. The number of amides is 1. The van der Waals surface area contributed by atoms with Gasteiger partial charge in [0.15, 0.2) is 0 Å². The van der Waals surface area contributed by atoms with E-state index >= 15 is 0 Å². The number of hydrogen-bond acceptors (Lipinski definition) is 3. The fourth-order valence-corrected chi connectivity index (χ4v) is 1.82. The van der Waals surface area contributed by atoms with Gasteiger partial charge in [-0.25, -0.2) is 0 Å². The molecular weight excluding hydrogens is 270 g/mol. The van der Waals surface area contributed by atoms with E-state index in [9.17, 15) is 9.59 Å². The Kier molecular flexibility index (Phi) is 7.29. The lowest BCUT2D eigenvalue weighted by atomic mass is 10.2. The van der Waals surface area contributed by atoms with Crippen LogP contribution in [0.2, 0.25) is 0 Å². The Hall–Kier alpha value is -2.04. The predicted octanol–water partition coefficient (Wildman–Crippen LogP) is 2.80. The summed E-state index contributed by atoms with van der Waals surface area (Å²) in [5.41, 5.74) is 0.579. The summed E-state index contributed by atoms with van der Waals surface area (Å²) in [6.07, 6.45) is 2.61. The van der Waals surface area contributed by atoms with Crippen LogP contribution in [0, 0.1) is 0 Å². The second-order valence-electron chi connectivity index (χ2n) is 4.95. The van der Waals surface area contributed by atoms with Crippen LogP contribution in [0.5, 0.6) is 5.75 Å². The number of unbranched alkanes of at least 4 members (excludes halogenated alkanes) is 1. The molecule has 0 aliphatic rings. The molecule has 0 aliphatic carbocycles. The Morgan fingerprint density at radius 1 is 1.19 bits per heavy atom. The van der Waals surface area contributed by atoms with Crippen LogP contribution in [-0.4, -0.2) is 42.1 Å². The summed E-state index contributed by atoms with van der Waals surface area (Å²) in [6.45, 7) is 3.21. The van der Waals surface area contributed by atoms with E-state index in [1.54, 1.807) is 31.3 Å². The molecular formula is C16H23NO4. The highest BCUT2D eigenvalue weighted by Crippen LogP contribution is 2.14. The minimum absolute atomic E-state index is 0.0713. The molecule has 0 unspecified atom stereocenters. The number of rotatable bonds is 9. The fourth-order valence-electron chi connectivity index (χ4n) is 1.82. The highest BCUT2D eigenvalue weighted by molar-refractivity contribution is 5.94. The standard InChI is InChI=1S/C16H23NO4/c1-3-4-12-21-14-9-7-13(8-10-14)16(20)17(2)11-5-6-15(18)19/h7-10H,3-6,11-12H2,1-2H3,(H,18,19). The molecule has 0 aromatic heterocycles. The molecule has 0 heterocycles. The number of carboxylic acids is 1. The highest BCUT2D eigenvalue weighted by Gasteiger charge is 2.11. The van der Waals surface area contributed by atoms with Crippen molar-refractivity contribution in [1.29, 1.82) is 0 Å². The SMILES string of the molecule is CCCCOc1ccc(C(=O)N(C)CCCC(=O)O)cc1. The van der Waals surface area contributed by atoms with Gasteiger partial charge in [0.25, 0.3) is 5.91 Å². The Bertz CT molecular complexity index is 456. The number of carbonyl (C=O) groups excluding carboxylic acids is 1. The molecule has 116 valence electrons. The van der Waals surface area contributed by atoms with Gasteiger partial charge in [-0.3, -0.25) is 9.59 Å². The molecule has 1 N–H and O–H groups in total. The van der Waals surface area contributed by atoms with Crippen LogP contribution in [0.4, 0.5) is 0 Å². The van der Waals surface area contributed by atoms with Gasteiger partial charge in [-0.15, -0.1) is 0 Å². The zero-order chi connectivity index (χ0) is 15.7. The first-order valence-corrected chi connectivity index (χ1v) is 7.24. The molecule has 0 atom stereocenters. The lowest BCUT2D eigenvalue weighted by Gasteiger charge is -2.16. The number of aliphatic carboxylic acids is 1. The van der Waals surface area contributed by atoms with Crippen molar-refractivity contribution in [2.75, 3.05) is 20.2 Å². The molecule has 0 saturated heterocycles. The van der Waals surface area contributed by atoms with Crippen LogP contribution in [0.3, 0.4) is 0 Å². The summed E-state index contributed by atoms with van der Waals surface area (Å²) in [7, 11) is 1.68. The third kappa shape index (κ3) is 6.29. The van der Waals surface area contributed by atoms with Crippen LogP contribution >= 0.6 is 0 Å². The highest BCUT2D eigenvalue weighted by atomic mass is 16.5. The summed E-state index contributed by atoms with van der Waals surface area (Å²) in [5, 5.41) is 8.58. The van der Waals surface area contributed by atoms with Gasteiger partial charge in [0.1, 0.15) is 5.75 Å². The zero-order valence-corrected chi connectivity index (χ0v) is 12.7. The van der Waals surface area contributed by atoms with Crippen molar-refractivity contribution in [2.24, 2.45) is 0 Å². The van der Waals surface area contributed by atoms with Gasteiger partial charge in [-0.1, -0.05) is 13.3 Å². The van der Waals surface area contributed by atoms with Crippen LogP contribution in [-0.2, 0) is 4.79 Å². The zero-order valence-electron chi connectivity index (χ0n) is 12.7. The molecule has 1 aromatic carbocycles. The molecule has 0 radical (unpaired) electrons. The topological polar surface area (TPSA) is 66.8 Å². The maximum absolute atomic E-state index is 12.1. The number of benzene rings is 1. The van der Waals surface area contributed by atoms with Crippen LogP contribution in [0.1, 0.15) is 43.0 Å². The maximum atomic E-state index is 12.1. The van der Waals surface area contributed by atoms with E-state index in [1.165, 1.54) is 4.90 Å². The van der Waals surface area contributed by atoms with E-state index in [0.29, 0.717) is 25.1 Å². The smallest absolute Gasteiger partial charge is 0.303 e. The summed E-state index contributed by atoms with van der Waals surface area (Å²) < 4.78 is 5.54. The minimum atomic E-state index is -0.843. The second kappa shape index (κ2) is 9.00. The molecule has 0 fully saturated rings. The quantitative estimate of drug-likeness (QED) is 0.711. The number of hydrogen-bond donors (Lipinski definition) is 1. The van der Waals surface area contributed by atoms with Gasteiger partial charge in [-0.2, -0.15) is 0 Å². The van der Waals surface area contributed by atoms with Crippen molar-refractivity contribution in [3.05, 3.63) is 29.8 Å². The van der Waals surface area contributed by atoms with Gasteiger partial charge in [0.2, 0.25) is 0 Å². The average Bonchev–Trinajstić information content (AvgIpc) is 2.47. The summed E-state index contributed by atoms with van der Waals surface area (Å²) in [5.74, 6) is -0.196. The molecule has 1 amide bonds. The van der Waals surface area contributed by atoms with Gasteiger partial charge in [0, 0.05) is 25.6 Å². The molecule has 1 rings (SSSR count). The lowest BCUT2D eigenvalue weighted by Crippen LogP contribution is -2.28. The van der Waals surface area contributed by atoms with E-state index in [0.717, 1.165) is 18.6 Å². The summed E-state index contributed by atoms with van der Waals surface area (Å²) in [6, 6.07) is 7.04. The predicted molar refractivity (Wildman–Crippen MR) is 80.7 cm³/mol. The number of nitrogens with zero attached hydrogens (tertiary/aromatic N) is 1. The first-order valence-electron chi connectivity index (χ1n) is 7.24. The molecule has 1 aromatic rings. The average molecular weight is 293 g/mol. The van der Waals surface area contributed by atoms with E-state index < -0.39 is 5.97 Å². The third-order valence-corrected chi connectivity index (χ3v) is 3.10. The molecule has 0 bridgehead atoms. The first-order chi connectivity index (χ1) is 10.0. The van der Waals surface area contributed by atoms with Gasteiger partial charge < -0.3 is 14.7 Å². The number of carbonyl (C=O) groups is 2. The van der Waals surface area contributed by atoms with Gasteiger partial charge in [0.05, 0.1) is 6.61 Å². The Labute approximate surface area is 125 Å². The third-order valence-electron chi connectivity index (χ3n) is 3.10. The fraction of sp³-hybridized carbons (Fsp3) is 0.500.